The second-order valence-electron chi connectivity index (χ2n) is 9.20. The van der Waals surface area contributed by atoms with Crippen molar-refractivity contribution in [1.82, 2.24) is 9.88 Å². The van der Waals surface area contributed by atoms with Crippen molar-refractivity contribution < 1.29 is 9.18 Å². The van der Waals surface area contributed by atoms with E-state index >= 15 is 0 Å². The van der Waals surface area contributed by atoms with E-state index in [9.17, 15) is 9.18 Å². The molecular weight excluding hydrogens is 434 g/mol. The highest BCUT2D eigenvalue weighted by Gasteiger charge is 2.25. The van der Waals surface area contributed by atoms with E-state index in [-0.39, 0.29) is 17.0 Å². The van der Waals surface area contributed by atoms with Gasteiger partial charge in [0.05, 0.1) is 21.3 Å². The third kappa shape index (κ3) is 5.12. The molecule has 1 aromatic carbocycles. The maximum Gasteiger partial charge on any atom is 0.253 e. The fraction of sp³-hybridized carbons (Fsp3) is 0.560. The maximum absolute atomic E-state index is 14.3. The van der Waals surface area contributed by atoms with Gasteiger partial charge in [-0.1, -0.05) is 61.7 Å². The maximum atomic E-state index is 14.3. The molecule has 3 nitrogen and oxygen atoms in total. The van der Waals surface area contributed by atoms with Crippen LogP contribution in [0, 0.1) is 18.7 Å². The highest BCUT2D eigenvalue weighted by atomic mass is 35.5. The van der Waals surface area contributed by atoms with Gasteiger partial charge in [-0.05, 0) is 56.7 Å². The fourth-order valence-corrected chi connectivity index (χ4v) is 5.67. The number of nitrogens with zero attached hydrogens (tertiary/aromatic N) is 1. The lowest BCUT2D eigenvalue weighted by Gasteiger charge is -2.25. The summed E-state index contributed by atoms with van der Waals surface area (Å²) in [7, 11) is 0. The first kappa shape index (κ1) is 22.7. The standard InChI is InChI=1S/C25H31Cl2FN2O/c1-16-19(25(31)29-18-10-6-3-7-11-18)13-24(20-12-23(28)22(27)14-21(20)26)30(16)15-17-8-4-2-5-9-17/h12-14,17-18H,2-11,15H2,1H3,(H,29,31). The molecule has 0 aliphatic heterocycles. The fourth-order valence-electron chi connectivity index (χ4n) is 5.19. The van der Waals surface area contributed by atoms with Gasteiger partial charge in [-0.15, -0.1) is 0 Å². The molecule has 2 aliphatic carbocycles. The number of carbonyl (C=O) groups excluding carboxylic acids is 1. The SMILES string of the molecule is Cc1c(C(=O)NC2CCCCC2)cc(-c2cc(F)c(Cl)cc2Cl)n1CC1CCCCC1. The molecule has 2 saturated carbocycles. The van der Waals surface area contributed by atoms with Crippen LogP contribution in [0.25, 0.3) is 11.3 Å². The third-order valence-electron chi connectivity index (χ3n) is 7.00. The highest BCUT2D eigenvalue weighted by Crippen LogP contribution is 2.36. The molecule has 4 rings (SSSR count). The molecule has 0 bridgehead atoms. The zero-order valence-corrected chi connectivity index (χ0v) is 19.7. The lowest BCUT2D eigenvalue weighted by molar-refractivity contribution is 0.0927. The number of rotatable bonds is 5. The van der Waals surface area contributed by atoms with E-state index in [0.29, 0.717) is 22.1 Å². The van der Waals surface area contributed by atoms with Gasteiger partial charge in [0.25, 0.3) is 5.91 Å². The predicted octanol–water partition coefficient (Wildman–Crippen LogP) is 7.55. The summed E-state index contributed by atoms with van der Waals surface area (Å²) in [6.07, 6.45) is 11.8. The topological polar surface area (TPSA) is 34.0 Å². The average molecular weight is 465 g/mol. The Morgan fingerprint density at radius 2 is 1.65 bits per heavy atom. The van der Waals surface area contributed by atoms with Crippen LogP contribution in [0.2, 0.25) is 10.0 Å². The number of nitrogens with one attached hydrogen (secondary N) is 1. The van der Waals surface area contributed by atoms with Gasteiger partial charge in [0.2, 0.25) is 0 Å². The van der Waals surface area contributed by atoms with Crippen molar-refractivity contribution in [3.8, 4) is 11.3 Å². The lowest BCUT2D eigenvalue weighted by atomic mass is 9.89. The molecule has 1 heterocycles. The predicted molar refractivity (Wildman–Crippen MR) is 125 cm³/mol. The van der Waals surface area contributed by atoms with Gasteiger partial charge in [0.1, 0.15) is 5.82 Å². The second-order valence-corrected chi connectivity index (χ2v) is 10.0. The molecule has 168 valence electrons. The molecular formula is C25H31Cl2FN2O. The van der Waals surface area contributed by atoms with E-state index in [1.807, 2.05) is 13.0 Å². The monoisotopic (exact) mass is 464 g/mol. The van der Waals surface area contributed by atoms with Crippen LogP contribution in [-0.2, 0) is 6.54 Å². The Balaban J connectivity index is 1.70. The van der Waals surface area contributed by atoms with E-state index in [0.717, 1.165) is 43.6 Å². The molecule has 1 N–H and O–H groups in total. The quantitative estimate of drug-likeness (QED) is 0.455. The summed E-state index contributed by atoms with van der Waals surface area (Å²) in [4.78, 5) is 13.2. The molecule has 0 spiro atoms. The number of benzene rings is 1. The van der Waals surface area contributed by atoms with Crippen molar-refractivity contribution in [1.29, 1.82) is 0 Å². The smallest absolute Gasteiger partial charge is 0.253 e. The molecule has 0 radical (unpaired) electrons. The van der Waals surface area contributed by atoms with Crippen LogP contribution in [0.1, 0.15) is 80.3 Å². The van der Waals surface area contributed by atoms with E-state index in [1.54, 1.807) is 0 Å². The van der Waals surface area contributed by atoms with Crippen molar-refractivity contribution >= 4 is 29.1 Å². The Morgan fingerprint density at radius 1 is 1.00 bits per heavy atom. The van der Waals surface area contributed by atoms with Crippen LogP contribution in [0.3, 0.4) is 0 Å². The Bertz CT molecular complexity index is 943. The molecule has 0 saturated heterocycles. The average Bonchev–Trinajstić information content (AvgIpc) is 3.08. The summed E-state index contributed by atoms with van der Waals surface area (Å²) in [5.74, 6) is 0.0136. The van der Waals surface area contributed by atoms with Crippen LogP contribution < -0.4 is 5.32 Å². The van der Waals surface area contributed by atoms with Gasteiger partial charge >= 0.3 is 0 Å². The zero-order chi connectivity index (χ0) is 22.0. The molecule has 31 heavy (non-hydrogen) atoms. The Hall–Kier alpha value is -1.52. The van der Waals surface area contributed by atoms with Crippen molar-refractivity contribution in [2.45, 2.75) is 83.7 Å². The lowest BCUT2D eigenvalue weighted by Crippen LogP contribution is -2.36. The second kappa shape index (κ2) is 9.95. The summed E-state index contributed by atoms with van der Waals surface area (Å²) in [5, 5.41) is 3.63. The minimum Gasteiger partial charge on any atom is -0.349 e. The van der Waals surface area contributed by atoms with Crippen LogP contribution in [-0.4, -0.2) is 16.5 Å². The van der Waals surface area contributed by atoms with Gasteiger partial charge in [0, 0.05) is 23.8 Å². The zero-order valence-electron chi connectivity index (χ0n) is 18.2. The number of carbonyl (C=O) groups is 1. The van der Waals surface area contributed by atoms with E-state index < -0.39 is 5.82 Å². The van der Waals surface area contributed by atoms with Crippen LogP contribution >= 0.6 is 23.2 Å². The van der Waals surface area contributed by atoms with E-state index in [1.165, 1.54) is 50.7 Å². The van der Waals surface area contributed by atoms with Crippen LogP contribution in [0.5, 0.6) is 0 Å². The summed E-state index contributed by atoms with van der Waals surface area (Å²) in [6, 6.07) is 4.95. The van der Waals surface area contributed by atoms with E-state index in [2.05, 4.69) is 9.88 Å². The van der Waals surface area contributed by atoms with Crippen molar-refractivity contribution in [2.24, 2.45) is 5.92 Å². The van der Waals surface area contributed by atoms with Crippen LogP contribution in [0.15, 0.2) is 18.2 Å². The number of halogens is 3. The van der Waals surface area contributed by atoms with Crippen molar-refractivity contribution in [2.75, 3.05) is 0 Å². The first-order chi connectivity index (χ1) is 14.9. The van der Waals surface area contributed by atoms with Gasteiger partial charge < -0.3 is 9.88 Å². The van der Waals surface area contributed by atoms with Crippen LogP contribution in [0.4, 0.5) is 4.39 Å². The number of hydrogen-bond donors (Lipinski definition) is 1. The number of aromatic nitrogens is 1. The largest absolute Gasteiger partial charge is 0.349 e. The third-order valence-corrected chi connectivity index (χ3v) is 7.61. The Kier molecular flexibility index (Phi) is 7.28. The Labute approximate surface area is 194 Å². The molecule has 2 fully saturated rings. The normalized spacial score (nSPS) is 18.3. The van der Waals surface area contributed by atoms with Gasteiger partial charge in [0.15, 0.2) is 0 Å². The molecule has 0 unspecified atom stereocenters. The molecule has 2 aliphatic rings. The molecule has 1 amide bonds. The summed E-state index contributed by atoms with van der Waals surface area (Å²) in [5.41, 5.74) is 2.94. The Morgan fingerprint density at radius 3 is 2.32 bits per heavy atom. The number of amides is 1. The molecule has 6 heteroatoms. The first-order valence-electron chi connectivity index (χ1n) is 11.6. The minimum absolute atomic E-state index is 0.00567. The molecule has 2 aromatic rings. The first-order valence-corrected chi connectivity index (χ1v) is 12.4. The summed E-state index contributed by atoms with van der Waals surface area (Å²) >= 11 is 12.4. The highest BCUT2D eigenvalue weighted by molar-refractivity contribution is 6.36. The van der Waals surface area contributed by atoms with Crippen molar-refractivity contribution in [3.63, 3.8) is 0 Å². The van der Waals surface area contributed by atoms with Gasteiger partial charge in [-0.2, -0.15) is 0 Å². The van der Waals surface area contributed by atoms with E-state index in [4.69, 9.17) is 23.2 Å². The molecule has 0 atom stereocenters. The van der Waals surface area contributed by atoms with Gasteiger partial charge in [-0.3, -0.25) is 4.79 Å². The number of hydrogen-bond acceptors (Lipinski definition) is 1. The molecule has 1 aromatic heterocycles. The van der Waals surface area contributed by atoms with Gasteiger partial charge in [-0.25, -0.2) is 4.39 Å². The summed E-state index contributed by atoms with van der Waals surface area (Å²) < 4.78 is 16.5. The minimum atomic E-state index is -0.502. The summed E-state index contributed by atoms with van der Waals surface area (Å²) in [6.45, 7) is 2.81. The van der Waals surface area contributed by atoms with Crippen molar-refractivity contribution in [3.05, 3.63) is 45.3 Å².